The molecule has 2 amide bonds. The van der Waals surface area contributed by atoms with Crippen LogP contribution in [0.15, 0.2) is 42.5 Å². The van der Waals surface area contributed by atoms with E-state index in [1.165, 1.54) is 0 Å². The minimum absolute atomic E-state index is 0.00604. The summed E-state index contributed by atoms with van der Waals surface area (Å²) in [4.78, 5) is 28.6. The molecule has 0 saturated carbocycles. The van der Waals surface area contributed by atoms with Crippen molar-refractivity contribution in [3.05, 3.63) is 53.6 Å². The van der Waals surface area contributed by atoms with Crippen molar-refractivity contribution in [2.75, 3.05) is 43.2 Å². The van der Waals surface area contributed by atoms with Gasteiger partial charge in [0.1, 0.15) is 11.9 Å². The van der Waals surface area contributed by atoms with Gasteiger partial charge in [-0.1, -0.05) is 0 Å². The number of amides is 2. The van der Waals surface area contributed by atoms with Gasteiger partial charge in [0.2, 0.25) is 5.91 Å². The lowest BCUT2D eigenvalue weighted by molar-refractivity contribution is -0.117. The molecule has 2 atom stereocenters. The standard InChI is InChI=1S/C24H29N3O4/c1-16-14-23(31-20-7-5-19(6-8-20)26-10-12-30-13-11-26)21-15-18(24(29)25-3)4-9-22(21)27(16)17(2)28/h4-9,15-16,23H,10-14H2,1-3H3,(H,25,29). The highest BCUT2D eigenvalue weighted by Gasteiger charge is 2.34. The Balaban J connectivity index is 1.61. The Morgan fingerprint density at radius 1 is 1.10 bits per heavy atom. The molecule has 0 radical (unpaired) electrons. The van der Waals surface area contributed by atoms with Gasteiger partial charge in [0.05, 0.1) is 18.9 Å². The van der Waals surface area contributed by atoms with Crippen LogP contribution in [0.5, 0.6) is 5.75 Å². The fraction of sp³-hybridized carbons (Fsp3) is 0.417. The molecular weight excluding hydrogens is 394 g/mol. The van der Waals surface area contributed by atoms with Gasteiger partial charge in [-0.15, -0.1) is 0 Å². The predicted molar refractivity (Wildman–Crippen MR) is 120 cm³/mol. The molecule has 7 nitrogen and oxygen atoms in total. The maximum absolute atomic E-state index is 12.3. The molecule has 0 bridgehead atoms. The summed E-state index contributed by atoms with van der Waals surface area (Å²) in [5.41, 5.74) is 3.36. The Morgan fingerprint density at radius 3 is 2.45 bits per heavy atom. The number of morpholine rings is 1. The van der Waals surface area contributed by atoms with Crippen LogP contribution in [0.4, 0.5) is 11.4 Å². The molecule has 0 aromatic heterocycles. The first-order valence-corrected chi connectivity index (χ1v) is 10.7. The molecule has 1 N–H and O–H groups in total. The zero-order chi connectivity index (χ0) is 22.0. The van der Waals surface area contributed by atoms with Crippen molar-refractivity contribution in [3.8, 4) is 5.75 Å². The summed E-state index contributed by atoms with van der Waals surface area (Å²) in [6, 6.07) is 13.5. The lowest BCUT2D eigenvalue weighted by Gasteiger charge is -2.39. The first-order chi connectivity index (χ1) is 15.0. The molecule has 2 unspecified atom stereocenters. The summed E-state index contributed by atoms with van der Waals surface area (Å²) in [7, 11) is 1.61. The van der Waals surface area contributed by atoms with Gasteiger partial charge >= 0.3 is 0 Å². The summed E-state index contributed by atoms with van der Waals surface area (Å²) in [6.07, 6.45) is 0.397. The second-order valence-electron chi connectivity index (χ2n) is 8.03. The van der Waals surface area contributed by atoms with Crippen molar-refractivity contribution in [2.45, 2.75) is 32.4 Å². The van der Waals surface area contributed by atoms with Gasteiger partial charge in [0, 0.05) is 56.3 Å². The number of rotatable bonds is 4. The van der Waals surface area contributed by atoms with Crippen LogP contribution in [-0.4, -0.2) is 51.2 Å². The van der Waals surface area contributed by atoms with Crippen molar-refractivity contribution in [2.24, 2.45) is 0 Å². The summed E-state index contributed by atoms with van der Waals surface area (Å²) in [5.74, 6) is 0.584. The fourth-order valence-corrected chi connectivity index (χ4v) is 4.41. The topological polar surface area (TPSA) is 71.1 Å². The van der Waals surface area contributed by atoms with Crippen molar-refractivity contribution < 1.29 is 19.1 Å². The van der Waals surface area contributed by atoms with E-state index < -0.39 is 0 Å². The smallest absolute Gasteiger partial charge is 0.251 e. The number of carbonyl (C=O) groups excluding carboxylic acids is 2. The lowest BCUT2D eigenvalue weighted by atomic mass is 9.92. The van der Waals surface area contributed by atoms with Crippen molar-refractivity contribution >= 4 is 23.2 Å². The quantitative estimate of drug-likeness (QED) is 0.818. The SMILES string of the molecule is CNC(=O)c1ccc2c(c1)C(Oc1ccc(N3CCOCC3)cc1)CC(C)N2C(C)=O. The highest BCUT2D eigenvalue weighted by atomic mass is 16.5. The monoisotopic (exact) mass is 423 g/mol. The minimum atomic E-state index is -0.251. The van der Waals surface area contributed by atoms with Crippen LogP contribution in [-0.2, 0) is 9.53 Å². The van der Waals surface area contributed by atoms with Crippen LogP contribution in [0.25, 0.3) is 0 Å². The molecule has 2 aromatic carbocycles. The number of hydrogen-bond donors (Lipinski definition) is 1. The third kappa shape index (κ3) is 4.37. The minimum Gasteiger partial charge on any atom is -0.486 e. The number of anilines is 2. The van der Waals surface area contributed by atoms with Gasteiger partial charge in [-0.05, 0) is 49.4 Å². The molecule has 2 aliphatic heterocycles. The average Bonchev–Trinajstić information content (AvgIpc) is 2.79. The van der Waals surface area contributed by atoms with E-state index in [2.05, 4.69) is 22.3 Å². The third-order valence-corrected chi connectivity index (χ3v) is 5.95. The second-order valence-corrected chi connectivity index (χ2v) is 8.03. The van der Waals surface area contributed by atoms with Crippen LogP contribution in [0.2, 0.25) is 0 Å². The van der Waals surface area contributed by atoms with Crippen LogP contribution < -0.4 is 19.9 Å². The van der Waals surface area contributed by atoms with E-state index in [4.69, 9.17) is 9.47 Å². The third-order valence-electron chi connectivity index (χ3n) is 5.95. The highest BCUT2D eigenvalue weighted by molar-refractivity contribution is 5.97. The van der Waals surface area contributed by atoms with E-state index >= 15 is 0 Å². The highest BCUT2D eigenvalue weighted by Crippen LogP contribution is 2.40. The number of fused-ring (bicyclic) bond motifs is 1. The molecule has 7 heteroatoms. The van der Waals surface area contributed by atoms with E-state index in [0.717, 1.165) is 49.0 Å². The van der Waals surface area contributed by atoms with E-state index in [1.807, 2.05) is 31.2 Å². The molecule has 4 rings (SSSR count). The normalized spacial score (nSPS) is 20.7. The number of ether oxygens (including phenoxy) is 2. The Kier molecular flexibility index (Phi) is 6.13. The van der Waals surface area contributed by atoms with Gasteiger partial charge < -0.3 is 24.6 Å². The van der Waals surface area contributed by atoms with Crippen LogP contribution in [0.3, 0.4) is 0 Å². The van der Waals surface area contributed by atoms with Gasteiger partial charge in [0.15, 0.2) is 0 Å². The van der Waals surface area contributed by atoms with E-state index in [0.29, 0.717) is 12.0 Å². The molecular formula is C24H29N3O4. The summed E-state index contributed by atoms with van der Waals surface area (Å²) < 4.78 is 11.8. The number of nitrogens with one attached hydrogen (secondary N) is 1. The summed E-state index contributed by atoms with van der Waals surface area (Å²) in [6.45, 7) is 6.85. The maximum atomic E-state index is 12.3. The van der Waals surface area contributed by atoms with Crippen molar-refractivity contribution in [1.29, 1.82) is 0 Å². The molecule has 2 aromatic rings. The molecule has 1 fully saturated rings. The van der Waals surface area contributed by atoms with Crippen LogP contribution in [0.1, 0.15) is 42.3 Å². The molecule has 31 heavy (non-hydrogen) atoms. The fourth-order valence-electron chi connectivity index (χ4n) is 4.41. The number of hydrogen-bond acceptors (Lipinski definition) is 5. The van der Waals surface area contributed by atoms with Gasteiger partial charge in [-0.25, -0.2) is 0 Å². The number of nitrogens with zero attached hydrogens (tertiary/aromatic N) is 2. The Bertz CT molecular complexity index is 954. The second kappa shape index (κ2) is 8.98. The first-order valence-electron chi connectivity index (χ1n) is 10.7. The van der Waals surface area contributed by atoms with Crippen molar-refractivity contribution in [1.82, 2.24) is 5.32 Å². The van der Waals surface area contributed by atoms with Crippen LogP contribution in [0, 0.1) is 0 Å². The molecule has 0 aliphatic carbocycles. The van der Waals surface area contributed by atoms with Crippen molar-refractivity contribution in [3.63, 3.8) is 0 Å². The molecule has 0 spiro atoms. The van der Waals surface area contributed by atoms with E-state index in [9.17, 15) is 9.59 Å². The Labute approximate surface area is 182 Å². The Hall–Kier alpha value is -3.06. The summed E-state index contributed by atoms with van der Waals surface area (Å²) >= 11 is 0. The number of carbonyl (C=O) groups is 2. The zero-order valence-electron chi connectivity index (χ0n) is 18.3. The average molecular weight is 424 g/mol. The summed E-state index contributed by atoms with van der Waals surface area (Å²) in [5, 5.41) is 2.66. The van der Waals surface area contributed by atoms with E-state index in [1.54, 1.807) is 24.9 Å². The molecule has 2 heterocycles. The van der Waals surface area contributed by atoms with E-state index in [-0.39, 0.29) is 24.0 Å². The largest absolute Gasteiger partial charge is 0.486 e. The van der Waals surface area contributed by atoms with Gasteiger partial charge in [0.25, 0.3) is 5.91 Å². The zero-order valence-corrected chi connectivity index (χ0v) is 18.3. The van der Waals surface area contributed by atoms with Crippen LogP contribution >= 0.6 is 0 Å². The Morgan fingerprint density at radius 2 is 1.81 bits per heavy atom. The molecule has 164 valence electrons. The maximum Gasteiger partial charge on any atom is 0.251 e. The van der Waals surface area contributed by atoms with Gasteiger partial charge in [-0.2, -0.15) is 0 Å². The first kappa shape index (κ1) is 21.2. The lowest BCUT2D eigenvalue weighted by Crippen LogP contribution is -2.43. The predicted octanol–water partition coefficient (Wildman–Crippen LogP) is 3.15. The molecule has 1 saturated heterocycles. The number of benzene rings is 2. The van der Waals surface area contributed by atoms with Gasteiger partial charge in [-0.3, -0.25) is 9.59 Å². The molecule has 2 aliphatic rings.